The van der Waals surface area contributed by atoms with Gasteiger partial charge in [-0.05, 0) is 43.3 Å². The summed E-state index contributed by atoms with van der Waals surface area (Å²) in [4.78, 5) is 4.13. The van der Waals surface area contributed by atoms with Gasteiger partial charge in [-0.15, -0.1) is 20.4 Å². The molecule has 0 aliphatic carbocycles. The number of aromatic nitrogens is 6. The summed E-state index contributed by atoms with van der Waals surface area (Å²) in [6, 6.07) is 11.3. The number of nitrogens with zero attached hydrogens (tertiary/aromatic N) is 6. The van der Waals surface area contributed by atoms with Crippen LogP contribution in [0.5, 0.6) is 5.75 Å². The molecule has 4 aromatic rings. The molecule has 0 bridgehead atoms. The van der Waals surface area contributed by atoms with Gasteiger partial charge in [0.1, 0.15) is 5.75 Å². The van der Waals surface area contributed by atoms with E-state index in [1.165, 1.54) is 11.8 Å². The van der Waals surface area contributed by atoms with Gasteiger partial charge in [-0.25, -0.2) is 0 Å². The van der Waals surface area contributed by atoms with E-state index in [1.54, 1.807) is 19.5 Å². The summed E-state index contributed by atoms with van der Waals surface area (Å²) in [5.74, 6) is 2.53. The lowest BCUT2D eigenvalue weighted by Gasteiger charge is -2.07. The molecule has 0 amide bonds. The number of hydrogen-bond donors (Lipinski definition) is 0. The van der Waals surface area contributed by atoms with Gasteiger partial charge in [-0.2, -0.15) is 0 Å². The number of benzene rings is 1. The molecule has 0 saturated carbocycles. The van der Waals surface area contributed by atoms with Crippen LogP contribution in [-0.2, 0) is 7.05 Å². The minimum Gasteiger partial charge on any atom is -0.497 e. The number of thioether (sulfide) groups is 1. The van der Waals surface area contributed by atoms with Crippen LogP contribution < -0.4 is 4.74 Å². The van der Waals surface area contributed by atoms with Gasteiger partial charge >= 0.3 is 0 Å². The van der Waals surface area contributed by atoms with Crippen molar-refractivity contribution in [1.29, 1.82) is 0 Å². The summed E-state index contributed by atoms with van der Waals surface area (Å²) in [5.41, 5.74) is 1.76. The molecule has 9 heteroatoms. The molecule has 3 aromatic heterocycles. The van der Waals surface area contributed by atoms with Gasteiger partial charge in [-0.3, -0.25) is 4.98 Å². The SMILES string of the molecule is COc1ccc(-c2nnc(C(C)Sc3nnc(-c4cccnc4)n3C)o2)cc1. The third-order valence-corrected chi connectivity index (χ3v) is 5.28. The van der Waals surface area contributed by atoms with Crippen LogP contribution in [0.4, 0.5) is 0 Å². The Morgan fingerprint density at radius 2 is 1.86 bits per heavy atom. The lowest BCUT2D eigenvalue weighted by atomic mass is 10.2. The van der Waals surface area contributed by atoms with E-state index in [-0.39, 0.29) is 5.25 Å². The van der Waals surface area contributed by atoms with E-state index < -0.39 is 0 Å². The fraction of sp³-hybridized carbons (Fsp3) is 0.211. The van der Waals surface area contributed by atoms with Crippen molar-refractivity contribution in [1.82, 2.24) is 29.9 Å². The maximum atomic E-state index is 5.86. The van der Waals surface area contributed by atoms with Crippen LogP contribution in [0.1, 0.15) is 18.1 Å². The lowest BCUT2D eigenvalue weighted by Crippen LogP contribution is -1.97. The van der Waals surface area contributed by atoms with Crippen molar-refractivity contribution in [2.75, 3.05) is 7.11 Å². The monoisotopic (exact) mass is 394 g/mol. The van der Waals surface area contributed by atoms with E-state index in [4.69, 9.17) is 9.15 Å². The van der Waals surface area contributed by atoms with Crippen molar-refractivity contribution in [3.63, 3.8) is 0 Å². The maximum absolute atomic E-state index is 5.86. The molecule has 1 unspecified atom stereocenters. The van der Waals surface area contributed by atoms with Gasteiger partial charge in [0.25, 0.3) is 0 Å². The molecule has 0 spiro atoms. The first kappa shape index (κ1) is 18.2. The Hall–Kier alpha value is -3.20. The first-order valence-corrected chi connectivity index (χ1v) is 9.48. The largest absolute Gasteiger partial charge is 0.497 e. The van der Waals surface area contributed by atoms with Crippen molar-refractivity contribution in [2.45, 2.75) is 17.3 Å². The van der Waals surface area contributed by atoms with Crippen LogP contribution in [0.3, 0.4) is 0 Å². The summed E-state index contributed by atoms with van der Waals surface area (Å²) < 4.78 is 13.0. The minimum absolute atomic E-state index is 0.0795. The predicted molar refractivity (Wildman–Crippen MR) is 105 cm³/mol. The zero-order valence-electron chi connectivity index (χ0n) is 15.6. The van der Waals surface area contributed by atoms with Crippen LogP contribution in [0, 0.1) is 0 Å². The molecule has 1 atom stereocenters. The van der Waals surface area contributed by atoms with E-state index >= 15 is 0 Å². The highest BCUT2D eigenvalue weighted by molar-refractivity contribution is 7.99. The van der Waals surface area contributed by atoms with Gasteiger partial charge in [0.15, 0.2) is 11.0 Å². The van der Waals surface area contributed by atoms with E-state index in [1.807, 2.05) is 54.9 Å². The Balaban J connectivity index is 1.51. The quantitative estimate of drug-likeness (QED) is 0.456. The van der Waals surface area contributed by atoms with Crippen molar-refractivity contribution >= 4 is 11.8 Å². The zero-order valence-corrected chi connectivity index (χ0v) is 16.4. The third kappa shape index (κ3) is 3.61. The molecule has 28 heavy (non-hydrogen) atoms. The third-order valence-electron chi connectivity index (χ3n) is 4.16. The molecule has 0 radical (unpaired) electrons. The normalized spacial score (nSPS) is 12.1. The highest BCUT2D eigenvalue weighted by Gasteiger charge is 2.20. The van der Waals surface area contributed by atoms with Crippen LogP contribution in [0.25, 0.3) is 22.8 Å². The molecule has 0 N–H and O–H groups in total. The number of ether oxygens (including phenoxy) is 1. The van der Waals surface area contributed by atoms with Crippen molar-refractivity contribution in [3.8, 4) is 28.6 Å². The second-order valence-corrected chi connectivity index (χ2v) is 7.35. The number of hydrogen-bond acceptors (Lipinski definition) is 8. The molecule has 4 rings (SSSR count). The molecular weight excluding hydrogens is 376 g/mol. The summed E-state index contributed by atoms with van der Waals surface area (Å²) in [6.45, 7) is 1.99. The van der Waals surface area contributed by atoms with E-state index in [0.29, 0.717) is 11.8 Å². The fourth-order valence-corrected chi connectivity index (χ4v) is 3.47. The Morgan fingerprint density at radius 1 is 1.04 bits per heavy atom. The van der Waals surface area contributed by atoms with E-state index in [2.05, 4.69) is 25.4 Å². The molecule has 1 aromatic carbocycles. The Kier molecular flexibility index (Phi) is 5.07. The predicted octanol–water partition coefficient (Wildman–Crippen LogP) is 3.79. The minimum atomic E-state index is -0.0795. The standard InChI is InChI=1S/C19H18N6O2S/c1-12(17-22-23-18(27-17)13-6-8-15(26-3)9-7-13)28-19-24-21-16(25(19)2)14-5-4-10-20-11-14/h4-12H,1-3H3. The van der Waals surface area contributed by atoms with Crippen molar-refractivity contribution < 1.29 is 9.15 Å². The van der Waals surface area contributed by atoms with Crippen molar-refractivity contribution in [2.24, 2.45) is 7.05 Å². The number of methoxy groups -OCH3 is 1. The molecule has 0 saturated heterocycles. The zero-order chi connectivity index (χ0) is 19.5. The van der Waals surface area contributed by atoms with E-state index in [0.717, 1.165) is 27.9 Å². The molecular formula is C19H18N6O2S. The first-order valence-electron chi connectivity index (χ1n) is 8.60. The summed E-state index contributed by atoms with van der Waals surface area (Å²) >= 11 is 1.51. The van der Waals surface area contributed by atoms with Crippen LogP contribution >= 0.6 is 11.8 Å². The van der Waals surface area contributed by atoms with Crippen LogP contribution in [-0.4, -0.2) is 37.1 Å². The van der Waals surface area contributed by atoms with Crippen LogP contribution in [0.15, 0.2) is 58.4 Å². The molecule has 0 aliphatic heterocycles. The van der Waals surface area contributed by atoms with Gasteiger partial charge in [0.2, 0.25) is 11.8 Å². The number of pyridine rings is 1. The Labute approximate surface area is 166 Å². The fourth-order valence-electron chi connectivity index (χ4n) is 2.62. The first-order chi connectivity index (χ1) is 13.7. The highest BCUT2D eigenvalue weighted by Crippen LogP contribution is 2.35. The second-order valence-electron chi connectivity index (χ2n) is 6.04. The smallest absolute Gasteiger partial charge is 0.247 e. The topological polar surface area (TPSA) is 91.8 Å². The molecule has 0 aliphatic rings. The van der Waals surface area contributed by atoms with Gasteiger partial charge < -0.3 is 13.7 Å². The summed E-state index contributed by atoms with van der Waals surface area (Å²) in [7, 11) is 3.55. The van der Waals surface area contributed by atoms with Crippen LogP contribution in [0.2, 0.25) is 0 Å². The Bertz CT molecular complexity index is 1060. The number of rotatable bonds is 6. The average molecular weight is 394 g/mol. The Morgan fingerprint density at radius 3 is 2.57 bits per heavy atom. The maximum Gasteiger partial charge on any atom is 0.247 e. The van der Waals surface area contributed by atoms with Gasteiger partial charge in [-0.1, -0.05) is 11.8 Å². The average Bonchev–Trinajstić information content (AvgIpc) is 3.37. The van der Waals surface area contributed by atoms with Gasteiger partial charge in [0, 0.05) is 30.6 Å². The lowest BCUT2D eigenvalue weighted by molar-refractivity contribution is 0.415. The van der Waals surface area contributed by atoms with Crippen molar-refractivity contribution in [3.05, 3.63) is 54.7 Å². The molecule has 0 fully saturated rings. The summed E-state index contributed by atoms with van der Waals surface area (Å²) in [6.07, 6.45) is 3.49. The molecule has 8 nitrogen and oxygen atoms in total. The molecule has 142 valence electrons. The summed E-state index contributed by atoms with van der Waals surface area (Å²) in [5, 5.41) is 17.6. The second kappa shape index (κ2) is 7.81. The molecule has 3 heterocycles. The van der Waals surface area contributed by atoms with Gasteiger partial charge in [0.05, 0.1) is 12.4 Å². The highest BCUT2D eigenvalue weighted by atomic mass is 32.2. The van der Waals surface area contributed by atoms with E-state index in [9.17, 15) is 0 Å².